The smallest absolute Gasteiger partial charge is 0.238 e. The second-order valence-corrected chi connectivity index (χ2v) is 7.27. The van der Waals surface area contributed by atoms with Gasteiger partial charge in [0.15, 0.2) is 0 Å². The summed E-state index contributed by atoms with van der Waals surface area (Å²) >= 11 is 0. The van der Waals surface area contributed by atoms with Gasteiger partial charge in [-0.3, -0.25) is 4.90 Å². The number of fused-ring (bicyclic) bond motifs is 1. The van der Waals surface area contributed by atoms with E-state index in [-0.39, 0.29) is 4.90 Å². The fraction of sp³-hybridized carbons (Fsp3) is 0.571. The first kappa shape index (κ1) is 13.9. The van der Waals surface area contributed by atoms with Crippen LogP contribution in [0.25, 0.3) is 0 Å². The molecule has 0 amide bonds. The Kier molecular flexibility index (Phi) is 3.70. The number of rotatable bonds is 3. The third-order valence-electron chi connectivity index (χ3n) is 4.37. The van der Waals surface area contributed by atoms with E-state index in [0.29, 0.717) is 12.1 Å². The second-order valence-electron chi connectivity index (χ2n) is 5.71. The van der Waals surface area contributed by atoms with Gasteiger partial charge in [-0.25, -0.2) is 13.6 Å². The number of anilines is 1. The van der Waals surface area contributed by atoms with Crippen LogP contribution in [0.15, 0.2) is 29.2 Å². The molecule has 5 nitrogen and oxygen atoms in total. The van der Waals surface area contributed by atoms with E-state index in [2.05, 4.69) is 10.2 Å². The van der Waals surface area contributed by atoms with E-state index < -0.39 is 10.0 Å². The SMILES string of the molecule is NS(=O)(=O)c1cccc(NC2CCN3CCCCC23)c1. The summed E-state index contributed by atoms with van der Waals surface area (Å²) in [6.45, 7) is 2.33. The van der Waals surface area contributed by atoms with Gasteiger partial charge >= 0.3 is 0 Å². The van der Waals surface area contributed by atoms with E-state index in [0.717, 1.165) is 18.7 Å². The molecule has 6 heteroatoms. The largest absolute Gasteiger partial charge is 0.381 e. The van der Waals surface area contributed by atoms with Crippen LogP contribution in [0.4, 0.5) is 5.69 Å². The average Bonchev–Trinajstić information content (AvgIpc) is 2.82. The summed E-state index contributed by atoms with van der Waals surface area (Å²) in [5.41, 5.74) is 0.842. The lowest BCUT2D eigenvalue weighted by Crippen LogP contribution is -2.41. The first-order valence-corrected chi connectivity index (χ1v) is 8.72. The van der Waals surface area contributed by atoms with Crippen LogP contribution >= 0.6 is 0 Å². The summed E-state index contributed by atoms with van der Waals surface area (Å²) in [6, 6.07) is 7.78. The molecule has 1 aromatic carbocycles. The van der Waals surface area contributed by atoms with Gasteiger partial charge in [0.25, 0.3) is 0 Å². The second kappa shape index (κ2) is 5.35. The molecule has 20 heavy (non-hydrogen) atoms. The summed E-state index contributed by atoms with van der Waals surface area (Å²) in [5, 5.41) is 8.67. The van der Waals surface area contributed by atoms with Crippen molar-refractivity contribution in [1.82, 2.24) is 4.90 Å². The van der Waals surface area contributed by atoms with E-state index >= 15 is 0 Å². The molecular weight excluding hydrogens is 274 g/mol. The Morgan fingerprint density at radius 1 is 1.20 bits per heavy atom. The number of nitrogens with zero attached hydrogens (tertiary/aromatic N) is 1. The van der Waals surface area contributed by atoms with Gasteiger partial charge in [0, 0.05) is 24.3 Å². The highest BCUT2D eigenvalue weighted by molar-refractivity contribution is 7.89. The number of sulfonamides is 1. The van der Waals surface area contributed by atoms with E-state index in [1.807, 2.05) is 6.07 Å². The van der Waals surface area contributed by atoms with Crippen molar-refractivity contribution in [3.05, 3.63) is 24.3 Å². The van der Waals surface area contributed by atoms with Crippen LogP contribution in [0.5, 0.6) is 0 Å². The molecule has 2 heterocycles. The fourth-order valence-corrected chi connectivity index (χ4v) is 3.95. The molecule has 110 valence electrons. The van der Waals surface area contributed by atoms with Gasteiger partial charge in [0.1, 0.15) is 0 Å². The molecule has 2 atom stereocenters. The zero-order chi connectivity index (χ0) is 14.2. The van der Waals surface area contributed by atoms with Crippen molar-refractivity contribution in [3.63, 3.8) is 0 Å². The summed E-state index contributed by atoms with van der Waals surface area (Å²) in [7, 11) is -3.63. The van der Waals surface area contributed by atoms with Gasteiger partial charge in [-0.1, -0.05) is 12.5 Å². The third-order valence-corrected chi connectivity index (χ3v) is 5.28. The van der Waals surface area contributed by atoms with Crippen molar-refractivity contribution >= 4 is 15.7 Å². The molecule has 0 aromatic heterocycles. The molecule has 0 saturated carbocycles. The van der Waals surface area contributed by atoms with Gasteiger partial charge in [0.2, 0.25) is 10.0 Å². The number of piperidine rings is 1. The maximum absolute atomic E-state index is 11.4. The standard InChI is InChI=1S/C14H21N3O2S/c15-20(18,19)12-5-3-4-11(10-12)16-13-7-9-17-8-2-1-6-14(13)17/h3-5,10,13-14,16H,1-2,6-9H2,(H2,15,18,19). The fourth-order valence-electron chi connectivity index (χ4n) is 3.39. The number of benzene rings is 1. The monoisotopic (exact) mass is 295 g/mol. The average molecular weight is 295 g/mol. The van der Waals surface area contributed by atoms with Crippen molar-refractivity contribution < 1.29 is 8.42 Å². The number of primary sulfonamides is 1. The van der Waals surface area contributed by atoms with Crippen LogP contribution in [0.1, 0.15) is 25.7 Å². The van der Waals surface area contributed by atoms with Gasteiger partial charge < -0.3 is 5.32 Å². The lowest BCUT2D eigenvalue weighted by molar-refractivity contribution is 0.193. The zero-order valence-electron chi connectivity index (χ0n) is 11.5. The molecule has 0 spiro atoms. The maximum atomic E-state index is 11.4. The Morgan fingerprint density at radius 3 is 2.85 bits per heavy atom. The molecule has 2 unspecified atom stereocenters. The molecule has 0 bridgehead atoms. The Hall–Kier alpha value is -1.11. The molecule has 1 aromatic rings. The summed E-state index contributed by atoms with van der Waals surface area (Å²) in [4.78, 5) is 2.71. The molecular formula is C14H21N3O2S. The van der Waals surface area contributed by atoms with E-state index in [4.69, 9.17) is 5.14 Å². The first-order valence-electron chi connectivity index (χ1n) is 7.17. The maximum Gasteiger partial charge on any atom is 0.238 e. The Bertz CT molecular complexity index is 588. The molecule has 2 aliphatic rings. The van der Waals surface area contributed by atoms with Crippen molar-refractivity contribution in [1.29, 1.82) is 0 Å². The van der Waals surface area contributed by atoms with Crippen LogP contribution in [-0.4, -0.2) is 38.5 Å². The number of nitrogens with two attached hydrogens (primary N) is 1. The highest BCUT2D eigenvalue weighted by atomic mass is 32.2. The Balaban J connectivity index is 1.75. The Morgan fingerprint density at radius 2 is 2.05 bits per heavy atom. The Labute approximate surface area is 120 Å². The van der Waals surface area contributed by atoms with Crippen LogP contribution < -0.4 is 10.5 Å². The first-order chi connectivity index (χ1) is 9.54. The van der Waals surface area contributed by atoms with Crippen molar-refractivity contribution in [2.75, 3.05) is 18.4 Å². The topological polar surface area (TPSA) is 75.4 Å². The zero-order valence-corrected chi connectivity index (χ0v) is 12.3. The highest BCUT2D eigenvalue weighted by Gasteiger charge is 2.35. The number of hydrogen-bond acceptors (Lipinski definition) is 4. The summed E-state index contributed by atoms with van der Waals surface area (Å²) in [6.07, 6.45) is 4.93. The number of hydrogen-bond donors (Lipinski definition) is 2. The van der Waals surface area contributed by atoms with E-state index in [1.165, 1.54) is 31.9 Å². The molecule has 3 rings (SSSR count). The lowest BCUT2D eigenvalue weighted by atomic mass is 9.99. The molecule has 3 N–H and O–H groups in total. The molecule has 0 radical (unpaired) electrons. The summed E-state index contributed by atoms with van der Waals surface area (Å²) < 4.78 is 22.8. The minimum absolute atomic E-state index is 0.168. The van der Waals surface area contributed by atoms with Crippen LogP contribution in [0.3, 0.4) is 0 Å². The lowest BCUT2D eigenvalue weighted by Gasteiger charge is -2.33. The number of nitrogens with one attached hydrogen (secondary N) is 1. The third kappa shape index (κ3) is 2.82. The van der Waals surface area contributed by atoms with Crippen LogP contribution in [0, 0.1) is 0 Å². The highest BCUT2D eigenvalue weighted by Crippen LogP contribution is 2.29. The van der Waals surface area contributed by atoms with E-state index in [9.17, 15) is 8.42 Å². The summed E-state index contributed by atoms with van der Waals surface area (Å²) in [5.74, 6) is 0. The van der Waals surface area contributed by atoms with Crippen LogP contribution in [0.2, 0.25) is 0 Å². The predicted molar refractivity (Wildman–Crippen MR) is 79.1 cm³/mol. The minimum atomic E-state index is -3.63. The van der Waals surface area contributed by atoms with Crippen molar-refractivity contribution in [3.8, 4) is 0 Å². The molecule has 0 aliphatic carbocycles. The normalized spacial score (nSPS) is 27.2. The minimum Gasteiger partial charge on any atom is -0.381 e. The van der Waals surface area contributed by atoms with Crippen molar-refractivity contribution in [2.45, 2.75) is 42.7 Å². The van der Waals surface area contributed by atoms with Crippen molar-refractivity contribution in [2.24, 2.45) is 5.14 Å². The molecule has 2 saturated heterocycles. The van der Waals surface area contributed by atoms with Crippen LogP contribution in [-0.2, 0) is 10.0 Å². The molecule has 2 aliphatic heterocycles. The van der Waals surface area contributed by atoms with Gasteiger partial charge in [-0.2, -0.15) is 0 Å². The van der Waals surface area contributed by atoms with Gasteiger partial charge in [-0.05, 0) is 44.0 Å². The molecule has 2 fully saturated rings. The quantitative estimate of drug-likeness (QED) is 0.883. The predicted octanol–water partition coefficient (Wildman–Crippen LogP) is 1.37. The van der Waals surface area contributed by atoms with Gasteiger partial charge in [-0.15, -0.1) is 0 Å². The van der Waals surface area contributed by atoms with Gasteiger partial charge in [0.05, 0.1) is 4.90 Å². The van der Waals surface area contributed by atoms with E-state index in [1.54, 1.807) is 12.1 Å².